The van der Waals surface area contributed by atoms with Crippen LogP contribution < -0.4 is 10.1 Å². The molecule has 2 nitrogen and oxygen atoms in total. The zero-order valence-electron chi connectivity index (χ0n) is 11.8. The Labute approximate surface area is 111 Å². The Morgan fingerprint density at radius 1 is 1.22 bits per heavy atom. The van der Waals surface area contributed by atoms with Crippen LogP contribution in [-0.4, -0.2) is 13.2 Å². The number of rotatable bonds is 5. The van der Waals surface area contributed by atoms with Gasteiger partial charge in [-0.25, -0.2) is 0 Å². The van der Waals surface area contributed by atoms with Crippen molar-refractivity contribution in [1.82, 2.24) is 5.32 Å². The summed E-state index contributed by atoms with van der Waals surface area (Å²) in [5, 5.41) is 3.65. The Morgan fingerprint density at radius 2 is 2.06 bits per heavy atom. The van der Waals surface area contributed by atoms with Gasteiger partial charge < -0.3 is 10.1 Å². The van der Waals surface area contributed by atoms with Crippen LogP contribution in [0.5, 0.6) is 5.75 Å². The highest BCUT2D eigenvalue weighted by atomic mass is 16.5. The Bertz CT molecular complexity index is 389. The smallest absolute Gasteiger partial charge is 0.119 e. The predicted octanol–water partition coefficient (Wildman–Crippen LogP) is 4.02. The first-order valence-corrected chi connectivity index (χ1v) is 7.26. The van der Waals surface area contributed by atoms with E-state index < -0.39 is 0 Å². The van der Waals surface area contributed by atoms with Crippen LogP contribution in [0.3, 0.4) is 0 Å². The second-order valence-corrected chi connectivity index (χ2v) is 5.29. The minimum Gasteiger partial charge on any atom is -0.494 e. The summed E-state index contributed by atoms with van der Waals surface area (Å²) in [6, 6.07) is 7.13. The number of nitrogens with one attached hydrogen (secondary N) is 1. The third-order valence-corrected chi connectivity index (χ3v) is 3.69. The lowest BCUT2D eigenvalue weighted by Gasteiger charge is -2.31. The van der Waals surface area contributed by atoms with E-state index in [9.17, 15) is 0 Å². The monoisotopic (exact) mass is 247 g/mol. The van der Waals surface area contributed by atoms with Crippen LogP contribution in [-0.2, 0) is 0 Å². The van der Waals surface area contributed by atoms with E-state index in [1.165, 1.54) is 24.0 Å². The fourth-order valence-corrected chi connectivity index (χ4v) is 2.70. The van der Waals surface area contributed by atoms with Crippen LogP contribution in [0.2, 0.25) is 0 Å². The maximum Gasteiger partial charge on any atom is 0.119 e. The van der Waals surface area contributed by atoms with E-state index in [-0.39, 0.29) is 0 Å². The first kappa shape index (κ1) is 13.4. The second kappa shape index (κ2) is 6.24. The van der Waals surface area contributed by atoms with Crippen molar-refractivity contribution in [1.29, 1.82) is 0 Å². The van der Waals surface area contributed by atoms with Crippen LogP contribution in [0, 0.1) is 0 Å². The standard InChI is InChI=1S/C16H25NO/c1-4-6-16-15-10-13(18-9-5-2)7-8-14(15)12(3)11-17-16/h7-8,10,12,16-17H,4-6,9,11H2,1-3H3. The molecule has 1 aliphatic heterocycles. The van der Waals surface area contributed by atoms with Crippen molar-refractivity contribution in [3.05, 3.63) is 29.3 Å². The van der Waals surface area contributed by atoms with Crippen LogP contribution >= 0.6 is 0 Å². The number of ether oxygens (including phenoxy) is 1. The molecular formula is C16H25NO. The normalized spacial score (nSPS) is 22.6. The van der Waals surface area contributed by atoms with E-state index in [1.807, 2.05) is 0 Å². The van der Waals surface area contributed by atoms with Gasteiger partial charge in [-0.15, -0.1) is 0 Å². The Morgan fingerprint density at radius 3 is 2.78 bits per heavy atom. The highest BCUT2D eigenvalue weighted by Gasteiger charge is 2.23. The van der Waals surface area contributed by atoms with E-state index in [2.05, 4.69) is 44.3 Å². The molecule has 0 radical (unpaired) electrons. The Hall–Kier alpha value is -1.02. The first-order valence-electron chi connectivity index (χ1n) is 7.26. The number of hydrogen-bond donors (Lipinski definition) is 1. The third kappa shape index (κ3) is 2.86. The Kier molecular flexibility index (Phi) is 4.65. The van der Waals surface area contributed by atoms with E-state index in [4.69, 9.17) is 4.74 Å². The summed E-state index contributed by atoms with van der Waals surface area (Å²) in [5.41, 5.74) is 2.94. The Balaban J connectivity index is 2.24. The molecule has 1 aromatic carbocycles. The summed E-state index contributed by atoms with van der Waals surface area (Å²) < 4.78 is 5.76. The van der Waals surface area contributed by atoms with Crippen molar-refractivity contribution >= 4 is 0 Å². The zero-order valence-corrected chi connectivity index (χ0v) is 11.8. The van der Waals surface area contributed by atoms with Gasteiger partial charge in [-0.2, -0.15) is 0 Å². The molecule has 0 saturated carbocycles. The molecule has 0 aromatic heterocycles. The molecule has 100 valence electrons. The number of fused-ring (bicyclic) bond motifs is 1. The lowest BCUT2D eigenvalue weighted by Crippen LogP contribution is -2.32. The molecular weight excluding hydrogens is 222 g/mol. The van der Waals surface area contributed by atoms with Crippen molar-refractivity contribution in [2.75, 3.05) is 13.2 Å². The fourth-order valence-electron chi connectivity index (χ4n) is 2.70. The fraction of sp³-hybridized carbons (Fsp3) is 0.625. The molecule has 0 amide bonds. The van der Waals surface area contributed by atoms with Crippen molar-refractivity contribution in [2.24, 2.45) is 0 Å². The zero-order chi connectivity index (χ0) is 13.0. The molecule has 2 rings (SSSR count). The van der Waals surface area contributed by atoms with Gasteiger partial charge in [0.15, 0.2) is 0 Å². The maximum absolute atomic E-state index is 5.76. The highest BCUT2D eigenvalue weighted by molar-refractivity contribution is 5.41. The molecule has 0 spiro atoms. The summed E-state index contributed by atoms with van der Waals surface area (Å²) in [6.07, 6.45) is 3.48. The lowest BCUT2D eigenvalue weighted by atomic mass is 9.86. The SMILES string of the molecule is CCCOc1ccc2c(c1)C(CCC)NCC2C. The van der Waals surface area contributed by atoms with Crippen molar-refractivity contribution in [2.45, 2.75) is 52.0 Å². The summed E-state index contributed by atoms with van der Waals surface area (Å²) in [5.74, 6) is 1.63. The molecule has 1 aliphatic rings. The van der Waals surface area contributed by atoms with E-state index in [0.29, 0.717) is 12.0 Å². The van der Waals surface area contributed by atoms with Crippen LogP contribution in [0.25, 0.3) is 0 Å². The average molecular weight is 247 g/mol. The largest absolute Gasteiger partial charge is 0.494 e. The molecule has 0 bridgehead atoms. The van der Waals surface area contributed by atoms with Gasteiger partial charge in [0.25, 0.3) is 0 Å². The molecule has 1 aromatic rings. The lowest BCUT2D eigenvalue weighted by molar-refractivity contribution is 0.315. The second-order valence-electron chi connectivity index (χ2n) is 5.29. The van der Waals surface area contributed by atoms with Crippen molar-refractivity contribution in [3.63, 3.8) is 0 Å². The van der Waals surface area contributed by atoms with Gasteiger partial charge >= 0.3 is 0 Å². The van der Waals surface area contributed by atoms with E-state index in [1.54, 1.807) is 0 Å². The maximum atomic E-state index is 5.76. The molecule has 1 N–H and O–H groups in total. The molecule has 0 fully saturated rings. The van der Waals surface area contributed by atoms with Crippen molar-refractivity contribution < 1.29 is 4.74 Å². The van der Waals surface area contributed by atoms with Gasteiger partial charge in [-0.3, -0.25) is 0 Å². The molecule has 1 heterocycles. The molecule has 0 saturated heterocycles. The average Bonchev–Trinajstić information content (AvgIpc) is 2.40. The molecule has 2 heteroatoms. The predicted molar refractivity (Wildman–Crippen MR) is 76.3 cm³/mol. The molecule has 0 aliphatic carbocycles. The van der Waals surface area contributed by atoms with Gasteiger partial charge in [0, 0.05) is 12.6 Å². The van der Waals surface area contributed by atoms with Crippen molar-refractivity contribution in [3.8, 4) is 5.75 Å². The van der Waals surface area contributed by atoms with Gasteiger partial charge in [0.2, 0.25) is 0 Å². The van der Waals surface area contributed by atoms with E-state index in [0.717, 1.165) is 25.3 Å². The van der Waals surface area contributed by atoms with E-state index >= 15 is 0 Å². The van der Waals surface area contributed by atoms with Gasteiger partial charge in [0.05, 0.1) is 6.61 Å². The summed E-state index contributed by atoms with van der Waals surface area (Å²) in [4.78, 5) is 0. The van der Waals surface area contributed by atoms with Crippen LogP contribution in [0.4, 0.5) is 0 Å². The molecule has 2 unspecified atom stereocenters. The van der Waals surface area contributed by atoms with Gasteiger partial charge in [0.1, 0.15) is 5.75 Å². The minimum absolute atomic E-state index is 0.506. The summed E-state index contributed by atoms with van der Waals surface area (Å²) in [6.45, 7) is 8.58. The quantitative estimate of drug-likeness (QED) is 0.848. The summed E-state index contributed by atoms with van der Waals surface area (Å²) in [7, 11) is 0. The molecule has 2 atom stereocenters. The number of hydrogen-bond acceptors (Lipinski definition) is 2. The highest BCUT2D eigenvalue weighted by Crippen LogP contribution is 2.34. The first-order chi connectivity index (χ1) is 8.76. The minimum atomic E-state index is 0.506. The summed E-state index contributed by atoms with van der Waals surface area (Å²) >= 11 is 0. The van der Waals surface area contributed by atoms with Gasteiger partial charge in [-0.05, 0) is 42.0 Å². The van der Waals surface area contributed by atoms with Gasteiger partial charge in [-0.1, -0.05) is 33.3 Å². The third-order valence-electron chi connectivity index (χ3n) is 3.69. The number of benzene rings is 1. The molecule has 18 heavy (non-hydrogen) atoms. The van der Waals surface area contributed by atoms with Crippen LogP contribution in [0.1, 0.15) is 63.1 Å². The van der Waals surface area contributed by atoms with Crippen LogP contribution in [0.15, 0.2) is 18.2 Å². The topological polar surface area (TPSA) is 21.3 Å².